The van der Waals surface area contributed by atoms with E-state index in [0.29, 0.717) is 33.8 Å². The highest BCUT2D eigenvalue weighted by Gasteiger charge is 2.61. The highest BCUT2D eigenvalue weighted by Crippen LogP contribution is 2.48. The molecule has 5 aliphatic heterocycles. The number of nitrogens with zero attached hydrogens (tertiary/aromatic N) is 5. The Balaban J connectivity index is 0.000000192. The molecule has 5 fully saturated rings. The van der Waals surface area contributed by atoms with Gasteiger partial charge in [-0.05, 0) is 80.8 Å². The fourth-order valence-corrected chi connectivity index (χ4v) is 9.29. The highest BCUT2D eigenvalue weighted by molar-refractivity contribution is 7.97. The zero-order valence-electron chi connectivity index (χ0n) is 30.8. The van der Waals surface area contributed by atoms with Crippen LogP contribution in [0.4, 0.5) is 43.9 Å². The van der Waals surface area contributed by atoms with E-state index in [1.54, 1.807) is 0 Å². The molecule has 0 saturated carbocycles. The van der Waals surface area contributed by atoms with Crippen molar-refractivity contribution in [3.63, 3.8) is 0 Å². The van der Waals surface area contributed by atoms with Crippen LogP contribution >= 0.6 is 23.9 Å². The van der Waals surface area contributed by atoms with Crippen molar-refractivity contribution in [3.05, 3.63) is 47.0 Å². The van der Waals surface area contributed by atoms with Crippen LogP contribution in [0.15, 0.2) is 34.1 Å². The second-order valence-electron chi connectivity index (χ2n) is 15.4. The molecule has 7 rings (SSSR count). The number of pyridine rings is 2. The van der Waals surface area contributed by atoms with E-state index in [4.69, 9.17) is 9.84 Å². The molecule has 2 spiro atoms. The summed E-state index contributed by atoms with van der Waals surface area (Å²) in [6.07, 6.45) is -9.13. The van der Waals surface area contributed by atoms with Gasteiger partial charge in [-0.25, -0.2) is 8.61 Å². The molecule has 0 aliphatic carbocycles. The average molecular weight is 837 g/mol. The number of aromatic nitrogens is 2. The van der Waals surface area contributed by atoms with Crippen LogP contribution in [0, 0.1) is 30.6 Å². The maximum Gasteiger partial charge on any atom is 0.459 e. The summed E-state index contributed by atoms with van der Waals surface area (Å²) in [7, 11) is 0. The topological polar surface area (TPSA) is 77.0 Å². The van der Waals surface area contributed by atoms with Gasteiger partial charge < -0.3 is 15.2 Å². The first kappa shape index (κ1) is 44.2. The molecule has 20 heteroatoms. The Morgan fingerprint density at radius 1 is 0.727 bits per heavy atom. The summed E-state index contributed by atoms with van der Waals surface area (Å²) in [5.41, 5.74) is -1.55. The van der Waals surface area contributed by atoms with Gasteiger partial charge in [-0.2, -0.15) is 43.9 Å². The Morgan fingerprint density at radius 3 is 1.45 bits per heavy atom. The number of aliphatic hydroxyl groups excluding tert-OH is 1. The normalized spacial score (nSPS) is 21.8. The van der Waals surface area contributed by atoms with Gasteiger partial charge in [0.15, 0.2) is 0 Å². The Morgan fingerprint density at radius 2 is 1.13 bits per heavy atom. The van der Waals surface area contributed by atoms with E-state index < -0.39 is 35.6 Å². The van der Waals surface area contributed by atoms with Crippen molar-refractivity contribution in [2.24, 2.45) is 16.7 Å². The van der Waals surface area contributed by atoms with Crippen LogP contribution in [0.2, 0.25) is 0 Å². The van der Waals surface area contributed by atoms with Crippen molar-refractivity contribution in [1.82, 2.24) is 28.8 Å². The molecule has 2 aromatic rings. The third-order valence-electron chi connectivity index (χ3n) is 10.1. The summed E-state index contributed by atoms with van der Waals surface area (Å²) in [5, 5.41) is 11.3. The SMILES string of the molecule is CC(C)CO.Cc1nc(C(F)(F)C(F)(F)F)ccc1SN1CC2(C1)CN(C1CCOCC1)C2.Cc1nc(C(F)(F)C(F)(F)F)ccc1SN1CC2(CNC2)C1. The lowest BCUT2D eigenvalue weighted by atomic mass is 9.73. The van der Waals surface area contributed by atoms with E-state index >= 15 is 0 Å². The van der Waals surface area contributed by atoms with E-state index in [-0.39, 0.29) is 16.8 Å². The summed E-state index contributed by atoms with van der Waals surface area (Å²) in [6, 6.07) is 4.72. The predicted octanol–water partition coefficient (Wildman–Crippen LogP) is 7.44. The molecule has 0 bridgehead atoms. The van der Waals surface area contributed by atoms with Crippen molar-refractivity contribution < 1.29 is 53.7 Å². The van der Waals surface area contributed by atoms with Crippen LogP contribution in [-0.2, 0) is 16.6 Å². The number of halogens is 10. The van der Waals surface area contributed by atoms with Crippen molar-refractivity contribution in [2.75, 3.05) is 72.2 Å². The number of nitrogens with one attached hydrogen (secondary N) is 1. The first-order valence-electron chi connectivity index (χ1n) is 17.8. The van der Waals surface area contributed by atoms with Crippen molar-refractivity contribution >= 4 is 23.9 Å². The number of likely N-dealkylation sites (tertiary alicyclic amines) is 1. The van der Waals surface area contributed by atoms with E-state index in [2.05, 4.69) is 28.8 Å². The number of alkyl halides is 10. The second-order valence-corrected chi connectivity index (χ2v) is 17.7. The summed E-state index contributed by atoms with van der Waals surface area (Å²) < 4.78 is 138. The number of hydrogen-bond donors (Lipinski definition) is 2. The second kappa shape index (κ2) is 16.7. The highest BCUT2D eigenvalue weighted by atomic mass is 32.2. The molecule has 2 N–H and O–H groups in total. The molecule has 7 heterocycles. The largest absolute Gasteiger partial charge is 0.459 e. The van der Waals surface area contributed by atoms with Gasteiger partial charge in [-0.3, -0.25) is 14.9 Å². The van der Waals surface area contributed by atoms with Gasteiger partial charge in [0, 0.05) is 98.8 Å². The van der Waals surface area contributed by atoms with E-state index in [9.17, 15) is 43.9 Å². The maximum atomic E-state index is 13.4. The van der Waals surface area contributed by atoms with Crippen LogP contribution in [0.1, 0.15) is 49.5 Å². The Labute approximate surface area is 322 Å². The van der Waals surface area contributed by atoms with Gasteiger partial charge >= 0.3 is 24.2 Å². The number of rotatable bonds is 8. The summed E-state index contributed by atoms with van der Waals surface area (Å²) in [4.78, 5) is 10.7. The predicted molar refractivity (Wildman–Crippen MR) is 188 cm³/mol. The van der Waals surface area contributed by atoms with Gasteiger partial charge in [-0.15, -0.1) is 0 Å². The van der Waals surface area contributed by atoms with Crippen LogP contribution < -0.4 is 5.32 Å². The van der Waals surface area contributed by atoms with Crippen LogP contribution in [0.25, 0.3) is 0 Å². The molecule has 0 radical (unpaired) electrons. The summed E-state index contributed by atoms with van der Waals surface area (Å²) in [5.74, 6) is -9.43. The van der Waals surface area contributed by atoms with Crippen LogP contribution in [0.5, 0.6) is 0 Å². The number of aliphatic hydroxyl groups is 1. The van der Waals surface area contributed by atoms with E-state index in [0.717, 1.165) is 90.5 Å². The van der Waals surface area contributed by atoms with Crippen molar-refractivity contribution in [1.29, 1.82) is 0 Å². The summed E-state index contributed by atoms with van der Waals surface area (Å²) in [6.45, 7) is 16.4. The first-order valence-corrected chi connectivity index (χ1v) is 19.4. The molecule has 0 aromatic carbocycles. The molecular formula is C35H46F10N6O2S2. The minimum Gasteiger partial charge on any atom is -0.396 e. The lowest BCUT2D eigenvalue weighted by Gasteiger charge is -2.62. The molecule has 55 heavy (non-hydrogen) atoms. The van der Waals surface area contributed by atoms with E-state index in [1.807, 2.05) is 13.8 Å². The fraction of sp³-hybridized carbons (Fsp3) is 0.714. The minimum absolute atomic E-state index is 0.180. The minimum atomic E-state index is -5.65. The molecule has 2 aromatic heterocycles. The first-order chi connectivity index (χ1) is 25.5. The van der Waals surface area contributed by atoms with Gasteiger partial charge in [0.05, 0.1) is 11.4 Å². The zero-order valence-corrected chi connectivity index (χ0v) is 32.5. The van der Waals surface area contributed by atoms with Gasteiger partial charge in [0.1, 0.15) is 11.4 Å². The van der Waals surface area contributed by atoms with Gasteiger partial charge in [-0.1, -0.05) is 13.8 Å². The standard InChI is InChI=1S/C18H22F5N3OS.C13H14F5N3S.C4H10O/c1-12-14(2-3-15(24-12)17(19,20)18(21,22)23)28-26-10-16(11-26)8-25(9-16)13-4-6-27-7-5-13;1-8-9(22-21-6-11(7-21)4-19-5-11)2-3-10(20-8)12(14,15)13(16,17)18;1-4(2)3-5/h2-3,13H,4-11H2,1H3;2-3,19H,4-7H2,1H3;4-5H,3H2,1-2H3. The van der Waals surface area contributed by atoms with E-state index in [1.165, 1.54) is 49.9 Å². The van der Waals surface area contributed by atoms with Gasteiger partial charge in [0.2, 0.25) is 0 Å². The molecule has 310 valence electrons. The Kier molecular flexibility index (Phi) is 13.4. The smallest absolute Gasteiger partial charge is 0.396 e. The molecule has 5 saturated heterocycles. The summed E-state index contributed by atoms with van der Waals surface area (Å²) >= 11 is 2.73. The molecule has 5 aliphatic rings. The monoisotopic (exact) mass is 836 g/mol. The molecule has 8 nitrogen and oxygen atoms in total. The molecular weight excluding hydrogens is 791 g/mol. The third kappa shape index (κ3) is 10.0. The lowest BCUT2D eigenvalue weighted by Crippen LogP contribution is -2.72. The Hall–Kier alpha value is -1.94. The molecule has 0 amide bonds. The fourth-order valence-electron chi connectivity index (χ4n) is 6.77. The maximum absolute atomic E-state index is 13.4. The number of hydrogen-bond acceptors (Lipinski definition) is 10. The van der Waals surface area contributed by atoms with Crippen LogP contribution in [0.3, 0.4) is 0 Å². The third-order valence-corrected chi connectivity index (χ3v) is 12.4. The van der Waals surface area contributed by atoms with Crippen molar-refractivity contribution in [2.45, 2.75) is 80.6 Å². The molecule has 0 atom stereocenters. The number of aryl methyl sites for hydroxylation is 2. The zero-order chi connectivity index (χ0) is 40.6. The Bertz CT molecular complexity index is 1600. The lowest BCUT2D eigenvalue weighted by molar-refractivity contribution is -0.291. The van der Waals surface area contributed by atoms with Crippen molar-refractivity contribution in [3.8, 4) is 0 Å². The van der Waals surface area contributed by atoms with Gasteiger partial charge in [0.25, 0.3) is 0 Å². The quantitative estimate of drug-likeness (QED) is 0.207. The average Bonchev–Trinajstić information content (AvgIpc) is 3.03. The van der Waals surface area contributed by atoms with Crippen LogP contribution in [-0.4, -0.2) is 119 Å². The molecule has 0 unspecified atom stereocenters. The number of ether oxygens (including phenoxy) is 1.